The van der Waals surface area contributed by atoms with Crippen molar-refractivity contribution in [1.29, 1.82) is 0 Å². The molecule has 3 heteroatoms. The van der Waals surface area contributed by atoms with E-state index in [1.54, 1.807) is 6.20 Å². The van der Waals surface area contributed by atoms with Crippen LogP contribution in [0.2, 0.25) is 0 Å². The Balaban J connectivity index is 2.16. The largest absolute Gasteiger partial charge is 0.470 e. The molecule has 0 amide bonds. The lowest BCUT2D eigenvalue weighted by atomic mass is 10.1. The van der Waals surface area contributed by atoms with Crippen LogP contribution in [-0.2, 0) is 0 Å². The van der Waals surface area contributed by atoms with Crippen LogP contribution in [0.1, 0.15) is 24.2 Å². The summed E-state index contributed by atoms with van der Waals surface area (Å²) < 4.78 is 5.82. The molecule has 3 nitrogen and oxygen atoms in total. The molecule has 0 radical (unpaired) electrons. The lowest BCUT2D eigenvalue weighted by molar-refractivity contribution is 0.216. The first-order chi connectivity index (χ1) is 8.16. The van der Waals surface area contributed by atoms with E-state index < -0.39 is 0 Å². The fourth-order valence-electron chi connectivity index (χ4n) is 1.67. The van der Waals surface area contributed by atoms with Crippen molar-refractivity contribution in [1.82, 2.24) is 4.98 Å². The monoisotopic (exact) mass is 228 g/mol. The van der Waals surface area contributed by atoms with Crippen molar-refractivity contribution in [3.8, 4) is 5.88 Å². The third-order valence-electron chi connectivity index (χ3n) is 2.61. The molecule has 17 heavy (non-hydrogen) atoms. The Morgan fingerprint density at radius 3 is 2.59 bits per heavy atom. The molecule has 1 aromatic carbocycles. The maximum Gasteiger partial charge on any atom is 0.216 e. The zero-order chi connectivity index (χ0) is 12.3. The Bertz CT molecular complexity index is 497. The molecule has 2 N–H and O–H groups in total. The number of hydrogen-bond donors (Lipinski definition) is 1. The van der Waals surface area contributed by atoms with Crippen LogP contribution in [0.3, 0.4) is 0 Å². The van der Waals surface area contributed by atoms with Crippen LogP contribution < -0.4 is 10.5 Å². The van der Waals surface area contributed by atoms with Gasteiger partial charge in [0.15, 0.2) is 0 Å². The Labute approximate surface area is 101 Å². The number of hydrogen-bond acceptors (Lipinski definition) is 3. The van der Waals surface area contributed by atoms with Gasteiger partial charge in [-0.25, -0.2) is 4.98 Å². The number of benzene rings is 1. The van der Waals surface area contributed by atoms with E-state index >= 15 is 0 Å². The number of nitrogen functional groups attached to an aromatic ring is 1. The van der Waals surface area contributed by atoms with E-state index in [0.717, 1.165) is 11.1 Å². The predicted octanol–water partition coefficient (Wildman–Crippen LogP) is 3.11. The van der Waals surface area contributed by atoms with Crippen LogP contribution in [0.25, 0.3) is 0 Å². The summed E-state index contributed by atoms with van der Waals surface area (Å²) in [6.45, 7) is 3.95. The highest BCUT2D eigenvalue weighted by molar-refractivity contribution is 5.41. The number of nitrogens with zero attached hydrogens (tertiary/aromatic N) is 1. The molecule has 0 aliphatic rings. The second kappa shape index (κ2) is 4.87. The van der Waals surface area contributed by atoms with Gasteiger partial charge in [0.05, 0.1) is 11.9 Å². The lowest BCUT2D eigenvalue weighted by Gasteiger charge is -2.15. The van der Waals surface area contributed by atoms with Crippen LogP contribution in [-0.4, -0.2) is 4.98 Å². The molecule has 1 unspecified atom stereocenters. The number of rotatable bonds is 3. The van der Waals surface area contributed by atoms with Crippen LogP contribution >= 0.6 is 0 Å². The summed E-state index contributed by atoms with van der Waals surface area (Å²) in [4.78, 5) is 4.20. The fraction of sp³-hybridized carbons (Fsp3) is 0.214. The summed E-state index contributed by atoms with van der Waals surface area (Å²) in [6, 6.07) is 11.9. The van der Waals surface area contributed by atoms with Crippen molar-refractivity contribution < 1.29 is 4.74 Å². The summed E-state index contributed by atoms with van der Waals surface area (Å²) >= 11 is 0. The molecule has 1 heterocycles. The first-order valence-corrected chi connectivity index (χ1v) is 5.60. The molecule has 0 spiro atoms. The van der Waals surface area contributed by atoms with E-state index in [1.165, 1.54) is 0 Å². The highest BCUT2D eigenvalue weighted by Gasteiger charge is 2.09. The normalized spacial score (nSPS) is 12.1. The van der Waals surface area contributed by atoms with Gasteiger partial charge in [0.25, 0.3) is 0 Å². The molecule has 88 valence electrons. The average Bonchev–Trinajstić information content (AvgIpc) is 2.34. The number of nitrogens with two attached hydrogens (primary N) is 1. The van der Waals surface area contributed by atoms with Crippen LogP contribution in [0.15, 0.2) is 42.6 Å². The van der Waals surface area contributed by atoms with E-state index in [0.29, 0.717) is 11.6 Å². The van der Waals surface area contributed by atoms with Gasteiger partial charge in [-0.3, -0.25) is 0 Å². The molecule has 0 aliphatic carbocycles. The summed E-state index contributed by atoms with van der Waals surface area (Å²) in [6.07, 6.45) is 1.59. The van der Waals surface area contributed by atoms with E-state index in [2.05, 4.69) is 4.98 Å². The quantitative estimate of drug-likeness (QED) is 0.878. The molecule has 1 atom stereocenters. The topological polar surface area (TPSA) is 48.1 Å². The van der Waals surface area contributed by atoms with Gasteiger partial charge in [0, 0.05) is 5.56 Å². The maximum atomic E-state index is 5.82. The van der Waals surface area contributed by atoms with Gasteiger partial charge in [-0.1, -0.05) is 30.3 Å². The van der Waals surface area contributed by atoms with Gasteiger partial charge in [-0.05, 0) is 25.5 Å². The molecule has 0 saturated heterocycles. The molecule has 2 aromatic rings. The number of aryl methyl sites for hydroxylation is 1. The fourth-order valence-corrected chi connectivity index (χ4v) is 1.67. The number of anilines is 1. The van der Waals surface area contributed by atoms with Gasteiger partial charge >= 0.3 is 0 Å². The summed E-state index contributed by atoms with van der Waals surface area (Å²) in [7, 11) is 0. The van der Waals surface area contributed by atoms with E-state index in [9.17, 15) is 0 Å². The smallest absolute Gasteiger partial charge is 0.216 e. The molecule has 0 bridgehead atoms. The second-order valence-electron chi connectivity index (χ2n) is 4.06. The summed E-state index contributed by atoms with van der Waals surface area (Å²) in [5.41, 5.74) is 8.39. The van der Waals surface area contributed by atoms with E-state index in [-0.39, 0.29) is 6.10 Å². The molecule has 2 rings (SSSR count). The molecule has 0 fully saturated rings. The van der Waals surface area contributed by atoms with Crippen LogP contribution in [0.4, 0.5) is 5.69 Å². The second-order valence-corrected chi connectivity index (χ2v) is 4.06. The van der Waals surface area contributed by atoms with Crippen molar-refractivity contribution >= 4 is 5.69 Å². The molecule has 0 aliphatic heterocycles. The highest BCUT2D eigenvalue weighted by Crippen LogP contribution is 2.23. The maximum absolute atomic E-state index is 5.82. The number of ether oxygens (including phenoxy) is 1. The van der Waals surface area contributed by atoms with Crippen molar-refractivity contribution in [2.24, 2.45) is 0 Å². The van der Waals surface area contributed by atoms with Crippen molar-refractivity contribution in [2.45, 2.75) is 20.0 Å². The number of pyridine rings is 1. The molecular weight excluding hydrogens is 212 g/mol. The Kier molecular flexibility index (Phi) is 3.28. The average molecular weight is 228 g/mol. The lowest BCUT2D eigenvalue weighted by Crippen LogP contribution is -2.05. The van der Waals surface area contributed by atoms with Gasteiger partial charge < -0.3 is 10.5 Å². The van der Waals surface area contributed by atoms with E-state index in [1.807, 2.05) is 50.2 Å². The Hall–Kier alpha value is -2.03. The predicted molar refractivity (Wildman–Crippen MR) is 68.9 cm³/mol. The number of aromatic nitrogens is 1. The van der Waals surface area contributed by atoms with Gasteiger partial charge in [-0.15, -0.1) is 0 Å². The van der Waals surface area contributed by atoms with Gasteiger partial charge in [0.2, 0.25) is 5.88 Å². The Morgan fingerprint density at radius 1 is 1.24 bits per heavy atom. The first-order valence-electron chi connectivity index (χ1n) is 5.60. The third kappa shape index (κ3) is 2.75. The minimum absolute atomic E-state index is 0.0222. The summed E-state index contributed by atoms with van der Waals surface area (Å²) in [5.74, 6) is 0.635. The van der Waals surface area contributed by atoms with E-state index in [4.69, 9.17) is 10.5 Å². The van der Waals surface area contributed by atoms with Crippen molar-refractivity contribution in [3.63, 3.8) is 0 Å². The Morgan fingerprint density at radius 2 is 1.94 bits per heavy atom. The summed E-state index contributed by atoms with van der Waals surface area (Å²) in [5, 5.41) is 0. The highest BCUT2D eigenvalue weighted by atomic mass is 16.5. The van der Waals surface area contributed by atoms with Crippen molar-refractivity contribution in [3.05, 3.63) is 53.7 Å². The van der Waals surface area contributed by atoms with Gasteiger partial charge in [0.1, 0.15) is 6.10 Å². The van der Waals surface area contributed by atoms with Gasteiger partial charge in [-0.2, -0.15) is 0 Å². The SMILES string of the molecule is Cc1cc(N)cnc1OC(C)c1ccccc1. The standard InChI is InChI=1S/C14H16N2O/c1-10-8-13(15)9-16-14(10)17-11(2)12-6-4-3-5-7-12/h3-9,11H,15H2,1-2H3. The van der Waals surface area contributed by atoms with Crippen LogP contribution in [0, 0.1) is 6.92 Å². The zero-order valence-corrected chi connectivity index (χ0v) is 10.1. The first kappa shape index (κ1) is 11.5. The van der Waals surface area contributed by atoms with Crippen molar-refractivity contribution in [2.75, 3.05) is 5.73 Å². The zero-order valence-electron chi connectivity index (χ0n) is 10.1. The minimum Gasteiger partial charge on any atom is -0.470 e. The third-order valence-corrected chi connectivity index (χ3v) is 2.61. The molecule has 0 saturated carbocycles. The molecule has 1 aromatic heterocycles. The molecular formula is C14H16N2O. The van der Waals surface area contributed by atoms with Crippen LogP contribution in [0.5, 0.6) is 5.88 Å². The minimum atomic E-state index is -0.0222.